The number of nitrogens with zero attached hydrogens (tertiary/aromatic N) is 3. The van der Waals surface area contributed by atoms with Crippen molar-refractivity contribution >= 4 is 16.9 Å². The summed E-state index contributed by atoms with van der Waals surface area (Å²) in [4.78, 5) is 12.0. The van der Waals surface area contributed by atoms with E-state index in [0.717, 1.165) is 53.7 Å². The molecule has 0 amide bonds. The first kappa shape index (κ1) is 43.1. The molecule has 328 valence electrons. The number of carbonyl (C=O) groups is 1. The third-order valence-corrected chi connectivity index (χ3v) is 11.3. The average molecular weight is 868 g/mol. The maximum Gasteiger partial charge on any atom is 0.573 e. The van der Waals surface area contributed by atoms with Gasteiger partial charge in [-0.15, -0.1) is 13.2 Å². The zero-order valence-corrected chi connectivity index (χ0v) is 35.0. The Balaban J connectivity index is 0.000000238. The summed E-state index contributed by atoms with van der Waals surface area (Å²) in [5, 5.41) is 28.2. The van der Waals surface area contributed by atoms with Crippen molar-refractivity contribution in [3.05, 3.63) is 124 Å². The summed E-state index contributed by atoms with van der Waals surface area (Å²) in [6, 6.07) is 24.4. The minimum absolute atomic E-state index is 0.0505. The highest BCUT2D eigenvalue weighted by molar-refractivity contribution is 6.06. The maximum atomic E-state index is 13.1. The van der Waals surface area contributed by atoms with Crippen molar-refractivity contribution in [1.82, 2.24) is 14.9 Å². The number of aromatic carboxylic acids is 1. The van der Waals surface area contributed by atoms with Gasteiger partial charge in [0, 0.05) is 51.2 Å². The van der Waals surface area contributed by atoms with Crippen molar-refractivity contribution in [2.75, 3.05) is 6.86 Å². The van der Waals surface area contributed by atoms with Crippen LogP contribution in [0, 0.1) is 13.8 Å². The quantitative estimate of drug-likeness (QED) is 0.101. The van der Waals surface area contributed by atoms with Crippen molar-refractivity contribution in [1.29, 1.82) is 0 Å². The standard InChI is InChI=1S/C34H31F3N2O5.C14H14FNO3/c1-18(2)39-20(4)30(33(40)41)25-13-11-22(16-28(25)39)24-14-12-23(15-19(24)3)42-17-27-31(38-44-32(27)21-9-10-21)26-7-5-6-8-29(26)43-34(35,36)37;15-8-18-12-4-2-1-3-10(12)13-11(7-17)14(19-16-13)9-5-6-9/h5-8,11-16,18,21H,9-10,17H2,1-4H3,(H,40,41);1-4,9,17H,5-8H2. The van der Waals surface area contributed by atoms with E-state index >= 15 is 0 Å². The second-order valence-electron chi connectivity index (χ2n) is 16.0. The number of para-hydroxylation sites is 2. The van der Waals surface area contributed by atoms with Crippen LogP contribution in [0.3, 0.4) is 0 Å². The Bertz CT molecular complexity index is 2780. The summed E-state index contributed by atoms with van der Waals surface area (Å²) in [6.45, 7) is 6.85. The Hall–Kier alpha value is -6.61. The van der Waals surface area contributed by atoms with Crippen molar-refractivity contribution in [2.24, 2.45) is 0 Å². The first-order valence-corrected chi connectivity index (χ1v) is 20.6. The van der Waals surface area contributed by atoms with Gasteiger partial charge in [-0.05, 0) is 113 Å². The van der Waals surface area contributed by atoms with E-state index in [1.807, 2.05) is 74.7 Å². The molecular formula is C48H45F4N3O8. The lowest BCUT2D eigenvalue weighted by Gasteiger charge is -2.15. The van der Waals surface area contributed by atoms with Gasteiger partial charge in [0.1, 0.15) is 46.8 Å². The van der Waals surface area contributed by atoms with E-state index in [1.54, 1.807) is 24.3 Å². The van der Waals surface area contributed by atoms with Crippen LogP contribution < -0.4 is 14.2 Å². The summed E-state index contributed by atoms with van der Waals surface area (Å²) in [5.41, 5.74) is 7.61. The smallest absolute Gasteiger partial charge is 0.489 e. The average Bonchev–Trinajstić information content (AvgIpc) is 4.17. The highest BCUT2D eigenvalue weighted by Gasteiger charge is 2.36. The fourth-order valence-electron chi connectivity index (χ4n) is 8.16. The Morgan fingerprint density at radius 1 is 0.810 bits per heavy atom. The number of aliphatic hydroxyl groups is 1. The van der Waals surface area contributed by atoms with Gasteiger partial charge in [-0.1, -0.05) is 52.8 Å². The van der Waals surface area contributed by atoms with Crippen LogP contribution in [0.25, 0.3) is 44.5 Å². The summed E-state index contributed by atoms with van der Waals surface area (Å²) >= 11 is 0. The number of carboxylic acids is 1. The normalized spacial score (nSPS) is 13.9. The fraction of sp³-hybridized carbons (Fsp3) is 0.312. The van der Waals surface area contributed by atoms with E-state index in [-0.39, 0.29) is 42.2 Å². The first-order chi connectivity index (χ1) is 30.3. The van der Waals surface area contributed by atoms with Crippen molar-refractivity contribution in [3.8, 4) is 50.9 Å². The van der Waals surface area contributed by atoms with Crippen LogP contribution in [-0.4, -0.2) is 44.3 Å². The molecule has 63 heavy (non-hydrogen) atoms. The van der Waals surface area contributed by atoms with Gasteiger partial charge >= 0.3 is 12.3 Å². The molecule has 0 radical (unpaired) electrons. The van der Waals surface area contributed by atoms with Gasteiger partial charge in [0.05, 0.1) is 17.7 Å². The number of hydrogen-bond acceptors (Lipinski definition) is 9. The van der Waals surface area contributed by atoms with Gasteiger partial charge < -0.3 is 38.0 Å². The monoisotopic (exact) mass is 867 g/mol. The fourth-order valence-corrected chi connectivity index (χ4v) is 8.16. The van der Waals surface area contributed by atoms with Gasteiger partial charge in [0.15, 0.2) is 0 Å². The Morgan fingerprint density at radius 2 is 1.41 bits per heavy atom. The van der Waals surface area contributed by atoms with Gasteiger partial charge in [0.25, 0.3) is 0 Å². The van der Waals surface area contributed by atoms with Crippen molar-refractivity contribution < 1.29 is 55.8 Å². The summed E-state index contributed by atoms with van der Waals surface area (Å²) < 4.78 is 80.1. The topological polar surface area (TPSA) is 142 Å². The predicted molar refractivity (Wildman–Crippen MR) is 226 cm³/mol. The van der Waals surface area contributed by atoms with E-state index < -0.39 is 19.2 Å². The summed E-state index contributed by atoms with van der Waals surface area (Å²) in [6.07, 6.45) is -0.911. The minimum Gasteiger partial charge on any atom is -0.489 e. The number of aliphatic hydroxyl groups excluding tert-OH is 1. The molecule has 9 rings (SSSR count). The van der Waals surface area contributed by atoms with Crippen LogP contribution in [0.5, 0.6) is 17.2 Å². The Morgan fingerprint density at radius 3 is 1.98 bits per heavy atom. The Kier molecular flexibility index (Phi) is 12.1. The highest BCUT2D eigenvalue weighted by Crippen LogP contribution is 2.47. The van der Waals surface area contributed by atoms with Crippen LogP contribution in [0.1, 0.15) is 102 Å². The zero-order chi connectivity index (χ0) is 44.6. The van der Waals surface area contributed by atoms with E-state index in [0.29, 0.717) is 62.2 Å². The third kappa shape index (κ3) is 9.01. The van der Waals surface area contributed by atoms with Crippen LogP contribution >= 0.6 is 0 Å². The molecule has 0 saturated heterocycles. The lowest BCUT2D eigenvalue weighted by atomic mass is 9.98. The minimum atomic E-state index is -4.85. The SMILES string of the molecule is Cc1cc(OCc2c(-c3ccccc3OC(F)(F)F)noc2C2CC2)ccc1-c1ccc2c(C(=O)O)c(C)n(C(C)C)c2c1.OCc1c(-c2ccccc2OCF)noc1C1CC1. The van der Waals surface area contributed by atoms with Crippen LogP contribution in [-0.2, 0) is 13.2 Å². The number of carboxylic acid groups (broad SMARTS) is 1. The first-order valence-electron chi connectivity index (χ1n) is 20.6. The predicted octanol–water partition coefficient (Wildman–Crippen LogP) is 12.2. The maximum absolute atomic E-state index is 13.1. The molecule has 2 N–H and O–H groups in total. The number of rotatable bonds is 14. The summed E-state index contributed by atoms with van der Waals surface area (Å²) in [7, 11) is 0. The molecule has 15 heteroatoms. The molecule has 3 heterocycles. The second-order valence-corrected chi connectivity index (χ2v) is 16.0. The number of aryl methyl sites for hydroxylation is 1. The molecule has 2 saturated carbocycles. The van der Waals surface area contributed by atoms with E-state index in [4.69, 9.17) is 18.5 Å². The summed E-state index contributed by atoms with van der Waals surface area (Å²) in [5.74, 6) is 1.54. The molecule has 0 bridgehead atoms. The molecule has 11 nitrogen and oxygen atoms in total. The number of aromatic nitrogens is 3. The van der Waals surface area contributed by atoms with E-state index in [1.165, 1.54) is 18.2 Å². The van der Waals surface area contributed by atoms with Crippen LogP contribution in [0.4, 0.5) is 17.6 Å². The number of halogens is 4. The van der Waals surface area contributed by atoms with Crippen molar-refractivity contribution in [2.45, 2.75) is 90.8 Å². The molecule has 0 aliphatic heterocycles. The van der Waals surface area contributed by atoms with E-state index in [9.17, 15) is 32.6 Å². The number of fused-ring (bicyclic) bond motifs is 1. The van der Waals surface area contributed by atoms with Gasteiger partial charge in [-0.25, -0.2) is 9.18 Å². The number of benzene rings is 4. The molecule has 2 aliphatic rings. The largest absolute Gasteiger partial charge is 0.573 e. The molecule has 0 unspecified atom stereocenters. The number of hydrogen-bond donors (Lipinski definition) is 2. The lowest BCUT2D eigenvalue weighted by Crippen LogP contribution is -2.17. The molecular weight excluding hydrogens is 823 g/mol. The van der Waals surface area contributed by atoms with Crippen molar-refractivity contribution in [3.63, 3.8) is 0 Å². The van der Waals surface area contributed by atoms with Crippen LogP contribution in [0.2, 0.25) is 0 Å². The zero-order valence-electron chi connectivity index (χ0n) is 35.0. The van der Waals surface area contributed by atoms with Gasteiger partial charge in [0.2, 0.25) is 6.86 Å². The number of alkyl halides is 4. The molecule has 2 fully saturated rings. The molecule has 7 aromatic rings. The highest BCUT2D eigenvalue weighted by atomic mass is 19.4. The molecule has 2 aliphatic carbocycles. The molecule has 3 aromatic heterocycles. The van der Waals surface area contributed by atoms with Crippen LogP contribution in [0.15, 0.2) is 94.0 Å². The lowest BCUT2D eigenvalue weighted by molar-refractivity contribution is -0.274. The molecule has 4 aromatic carbocycles. The number of ether oxygens (including phenoxy) is 3. The third-order valence-electron chi connectivity index (χ3n) is 11.3. The van der Waals surface area contributed by atoms with Gasteiger partial charge in [-0.2, -0.15) is 0 Å². The van der Waals surface area contributed by atoms with E-state index in [2.05, 4.69) is 15.1 Å². The van der Waals surface area contributed by atoms with Gasteiger partial charge in [-0.3, -0.25) is 0 Å². The molecule has 0 atom stereocenters. The Labute approximate surface area is 359 Å². The second kappa shape index (κ2) is 17.6. The molecule has 0 spiro atoms.